The average Bonchev–Trinajstić information content (AvgIpc) is 3.17. The maximum absolute atomic E-state index is 13.3. The lowest BCUT2D eigenvalue weighted by Gasteiger charge is -2.44. The number of aromatic nitrogens is 4. The minimum absolute atomic E-state index is 0.0743. The summed E-state index contributed by atoms with van der Waals surface area (Å²) in [6.07, 6.45) is 1.18. The van der Waals surface area contributed by atoms with E-state index in [0.717, 1.165) is 11.1 Å². The molecule has 1 saturated heterocycles. The lowest BCUT2D eigenvalue weighted by molar-refractivity contribution is -0.131. The molecule has 166 valence electrons. The van der Waals surface area contributed by atoms with E-state index in [-0.39, 0.29) is 28.6 Å². The second-order valence-corrected chi connectivity index (χ2v) is 8.17. The van der Waals surface area contributed by atoms with E-state index in [0.29, 0.717) is 13.1 Å². The van der Waals surface area contributed by atoms with Crippen molar-refractivity contribution >= 4 is 34.9 Å². The van der Waals surface area contributed by atoms with Crippen molar-refractivity contribution in [1.29, 1.82) is 0 Å². The van der Waals surface area contributed by atoms with Crippen LogP contribution in [0.4, 0.5) is 0 Å². The second kappa shape index (κ2) is 8.64. The van der Waals surface area contributed by atoms with Gasteiger partial charge in [0.2, 0.25) is 5.82 Å². The highest BCUT2D eigenvalue weighted by Crippen LogP contribution is 2.22. The first-order chi connectivity index (χ1) is 15.3. The molecule has 1 amide bonds. The minimum Gasteiger partial charge on any atom is -0.475 e. The fourth-order valence-corrected chi connectivity index (χ4v) is 4.05. The molecule has 3 aromatic rings. The number of imidazole rings is 1. The van der Waals surface area contributed by atoms with Crippen LogP contribution in [0.2, 0.25) is 5.15 Å². The number of amides is 1. The van der Waals surface area contributed by atoms with Crippen molar-refractivity contribution in [2.75, 3.05) is 13.1 Å². The lowest BCUT2D eigenvalue weighted by atomic mass is 10.1. The Hall–Kier alpha value is -3.37. The van der Waals surface area contributed by atoms with Gasteiger partial charge in [0.05, 0.1) is 6.20 Å². The largest absolute Gasteiger partial charge is 0.475 e. The van der Waals surface area contributed by atoms with Crippen LogP contribution < -0.4 is 0 Å². The Bertz CT molecular complexity index is 1200. The van der Waals surface area contributed by atoms with Gasteiger partial charge < -0.3 is 10.0 Å². The first-order valence-corrected chi connectivity index (χ1v) is 10.4. The van der Waals surface area contributed by atoms with E-state index in [2.05, 4.69) is 32.1 Å². The molecule has 0 aliphatic carbocycles. The minimum atomic E-state index is -1.68. The van der Waals surface area contributed by atoms with Crippen LogP contribution in [0.5, 0.6) is 0 Å². The summed E-state index contributed by atoms with van der Waals surface area (Å²) >= 11 is 6.21. The maximum atomic E-state index is 13.3. The average molecular weight is 457 g/mol. The SMILES string of the molecule is C[C@@H]1CN(Cc2ccccc2)[C@@H](C)CN1C(=O)c1nn2c(C(=O)C(=O)O)ncc2nc1Cl. The zero-order valence-corrected chi connectivity index (χ0v) is 18.2. The first-order valence-electron chi connectivity index (χ1n) is 10.0. The molecular weight excluding hydrogens is 436 g/mol. The number of carboxylic acids is 1. The van der Waals surface area contributed by atoms with Crippen LogP contribution in [0.1, 0.15) is 40.5 Å². The summed E-state index contributed by atoms with van der Waals surface area (Å²) in [5, 5.41) is 13.0. The third-order valence-corrected chi connectivity index (χ3v) is 5.80. The molecule has 0 radical (unpaired) electrons. The monoisotopic (exact) mass is 456 g/mol. The van der Waals surface area contributed by atoms with Gasteiger partial charge in [-0.05, 0) is 19.4 Å². The highest BCUT2D eigenvalue weighted by Gasteiger charge is 2.34. The summed E-state index contributed by atoms with van der Waals surface area (Å²) in [5.41, 5.74) is 1.11. The van der Waals surface area contributed by atoms with Crippen molar-refractivity contribution < 1.29 is 19.5 Å². The summed E-state index contributed by atoms with van der Waals surface area (Å²) in [5.74, 6) is -3.82. The van der Waals surface area contributed by atoms with Gasteiger partial charge in [0.15, 0.2) is 16.5 Å². The van der Waals surface area contributed by atoms with Crippen LogP contribution in [-0.4, -0.2) is 77.3 Å². The van der Waals surface area contributed by atoms with Crippen molar-refractivity contribution in [2.24, 2.45) is 0 Å². The molecule has 1 aromatic carbocycles. The van der Waals surface area contributed by atoms with Gasteiger partial charge in [-0.25, -0.2) is 14.8 Å². The number of piperazine rings is 1. The predicted octanol–water partition coefficient (Wildman–Crippen LogP) is 1.78. The van der Waals surface area contributed by atoms with E-state index in [9.17, 15) is 14.4 Å². The van der Waals surface area contributed by atoms with Crippen molar-refractivity contribution in [3.05, 3.63) is 58.8 Å². The number of hydrogen-bond donors (Lipinski definition) is 1. The van der Waals surface area contributed by atoms with Gasteiger partial charge in [-0.2, -0.15) is 9.61 Å². The van der Waals surface area contributed by atoms with Gasteiger partial charge in [-0.15, -0.1) is 0 Å². The number of rotatable bonds is 5. The smallest absolute Gasteiger partial charge is 0.380 e. The number of carbonyl (C=O) groups excluding carboxylic acids is 2. The van der Waals surface area contributed by atoms with E-state index in [4.69, 9.17) is 16.7 Å². The van der Waals surface area contributed by atoms with E-state index >= 15 is 0 Å². The van der Waals surface area contributed by atoms with Crippen LogP contribution in [0.3, 0.4) is 0 Å². The number of nitrogens with zero attached hydrogens (tertiary/aromatic N) is 6. The second-order valence-electron chi connectivity index (χ2n) is 7.81. The number of halogens is 1. The van der Waals surface area contributed by atoms with Gasteiger partial charge in [0, 0.05) is 31.7 Å². The predicted molar refractivity (Wildman–Crippen MR) is 115 cm³/mol. The number of Topliss-reactive ketones (excluding diaryl/α,β-unsaturated/α-hetero) is 1. The Morgan fingerprint density at radius 2 is 1.84 bits per heavy atom. The standard InChI is InChI=1S/C21H21ClN6O4/c1-12-10-27(13(2)9-26(12)11-14-6-4-3-5-7-14)20(30)16-18(22)24-15-8-23-19(28(15)25-16)17(29)21(31)32/h3-8,12-13H,9-11H2,1-2H3,(H,31,32)/t12-,13+/m0/s1. The van der Waals surface area contributed by atoms with Crippen molar-refractivity contribution in [3.8, 4) is 0 Å². The highest BCUT2D eigenvalue weighted by atomic mass is 35.5. The third-order valence-electron chi connectivity index (χ3n) is 5.53. The summed E-state index contributed by atoms with van der Waals surface area (Å²) in [7, 11) is 0. The molecule has 1 N–H and O–H groups in total. The van der Waals surface area contributed by atoms with Crippen molar-refractivity contribution in [2.45, 2.75) is 32.5 Å². The molecule has 32 heavy (non-hydrogen) atoms. The van der Waals surface area contributed by atoms with Gasteiger partial charge in [0.1, 0.15) is 0 Å². The van der Waals surface area contributed by atoms with Crippen LogP contribution in [0.15, 0.2) is 36.5 Å². The zero-order chi connectivity index (χ0) is 23.0. The Labute approximate surface area is 188 Å². The van der Waals surface area contributed by atoms with Crippen LogP contribution in [0, 0.1) is 0 Å². The number of carboxylic acid groups (broad SMARTS) is 1. The van der Waals surface area contributed by atoms with Crippen molar-refractivity contribution in [3.63, 3.8) is 0 Å². The molecule has 1 aliphatic rings. The number of benzene rings is 1. The zero-order valence-electron chi connectivity index (χ0n) is 17.5. The number of aliphatic carboxylic acids is 1. The third kappa shape index (κ3) is 4.06. The molecule has 0 saturated carbocycles. The Kier molecular flexibility index (Phi) is 5.90. The van der Waals surface area contributed by atoms with Crippen molar-refractivity contribution in [1.82, 2.24) is 29.4 Å². The maximum Gasteiger partial charge on any atom is 0.380 e. The lowest BCUT2D eigenvalue weighted by Crippen LogP contribution is -2.57. The van der Waals surface area contributed by atoms with E-state index < -0.39 is 23.5 Å². The molecule has 2 aromatic heterocycles. The van der Waals surface area contributed by atoms with Gasteiger partial charge >= 0.3 is 11.8 Å². The molecule has 2 atom stereocenters. The molecule has 1 fully saturated rings. The molecule has 10 nitrogen and oxygen atoms in total. The Balaban J connectivity index is 1.59. The Morgan fingerprint density at radius 1 is 1.12 bits per heavy atom. The van der Waals surface area contributed by atoms with Crippen LogP contribution >= 0.6 is 11.6 Å². The van der Waals surface area contributed by atoms with E-state index in [1.807, 2.05) is 32.0 Å². The van der Waals surface area contributed by atoms with E-state index in [1.165, 1.54) is 11.8 Å². The Morgan fingerprint density at radius 3 is 2.53 bits per heavy atom. The van der Waals surface area contributed by atoms with Gasteiger partial charge in [-0.1, -0.05) is 41.9 Å². The molecule has 11 heteroatoms. The molecular formula is C21H21ClN6O4. The van der Waals surface area contributed by atoms with Gasteiger partial charge in [0.25, 0.3) is 5.91 Å². The summed E-state index contributed by atoms with van der Waals surface area (Å²) in [4.78, 5) is 48.1. The molecule has 4 rings (SSSR count). The fraction of sp³-hybridized carbons (Fsp3) is 0.333. The highest BCUT2D eigenvalue weighted by molar-refractivity contribution is 6.39. The summed E-state index contributed by atoms with van der Waals surface area (Å²) < 4.78 is 0.940. The molecule has 0 spiro atoms. The molecule has 3 heterocycles. The van der Waals surface area contributed by atoms with E-state index in [1.54, 1.807) is 4.90 Å². The van der Waals surface area contributed by atoms with Crippen LogP contribution in [-0.2, 0) is 11.3 Å². The number of fused-ring (bicyclic) bond motifs is 1. The normalized spacial score (nSPS) is 19.3. The van der Waals surface area contributed by atoms with Crippen LogP contribution in [0.25, 0.3) is 5.65 Å². The van der Waals surface area contributed by atoms with Gasteiger partial charge in [-0.3, -0.25) is 14.5 Å². The quantitative estimate of drug-likeness (QED) is 0.455. The number of carbonyl (C=O) groups is 3. The number of ketones is 1. The topological polar surface area (TPSA) is 121 Å². The first kappa shape index (κ1) is 21.8. The fourth-order valence-electron chi connectivity index (χ4n) is 3.84. The summed E-state index contributed by atoms with van der Waals surface area (Å²) in [6.45, 7) is 5.87. The molecule has 1 aliphatic heterocycles. The summed E-state index contributed by atoms with van der Waals surface area (Å²) in [6, 6.07) is 10.1. The molecule has 0 bridgehead atoms. The number of hydrogen-bond acceptors (Lipinski definition) is 7. The molecule has 0 unspecified atom stereocenters.